The van der Waals surface area contributed by atoms with E-state index in [1.807, 2.05) is 24.3 Å². The lowest BCUT2D eigenvalue weighted by atomic mass is 9.71. The van der Waals surface area contributed by atoms with Crippen LogP contribution < -0.4 is 5.32 Å². The average molecular weight is 352 g/mol. The van der Waals surface area contributed by atoms with Crippen molar-refractivity contribution >= 4 is 23.5 Å². The molecular weight excluding hydrogens is 328 g/mol. The van der Waals surface area contributed by atoms with E-state index < -0.39 is 0 Å². The Labute approximate surface area is 153 Å². The van der Waals surface area contributed by atoms with E-state index in [0.29, 0.717) is 30.1 Å². The molecule has 26 heavy (non-hydrogen) atoms. The van der Waals surface area contributed by atoms with Gasteiger partial charge in [0.05, 0.1) is 11.5 Å². The van der Waals surface area contributed by atoms with Gasteiger partial charge in [0.1, 0.15) is 17.9 Å². The number of nitrogens with zero attached hydrogens (tertiary/aromatic N) is 3. The molecule has 2 heterocycles. The third-order valence-corrected chi connectivity index (χ3v) is 6.19. The molecule has 0 bridgehead atoms. The minimum absolute atomic E-state index is 0.0174. The van der Waals surface area contributed by atoms with Gasteiger partial charge in [0, 0.05) is 12.1 Å². The number of carbonyl (C=O) groups is 1. The van der Waals surface area contributed by atoms with Crippen LogP contribution in [-0.2, 0) is 9.53 Å². The van der Waals surface area contributed by atoms with Gasteiger partial charge in [-0.1, -0.05) is 25.2 Å². The van der Waals surface area contributed by atoms with Crippen molar-refractivity contribution in [1.82, 2.24) is 5.32 Å². The molecule has 5 rings (SSSR count). The molecule has 5 atom stereocenters. The second-order valence-corrected chi connectivity index (χ2v) is 8.15. The van der Waals surface area contributed by atoms with Crippen molar-refractivity contribution < 1.29 is 9.53 Å². The second kappa shape index (κ2) is 5.89. The summed E-state index contributed by atoms with van der Waals surface area (Å²) in [4.78, 5) is 27.0. The topological polar surface area (TPSA) is 75.4 Å². The van der Waals surface area contributed by atoms with Crippen molar-refractivity contribution in [3.63, 3.8) is 0 Å². The molecule has 0 amide bonds. The number of allylic oxidation sites excluding steroid dienone is 2. The molecule has 0 aromatic rings. The molecule has 1 spiro atoms. The largest absolute Gasteiger partial charge is 0.455 e. The maximum Gasteiger partial charge on any atom is 0.293 e. The molecule has 0 aromatic heterocycles. The van der Waals surface area contributed by atoms with E-state index in [9.17, 15) is 4.79 Å². The van der Waals surface area contributed by atoms with Gasteiger partial charge in [-0.15, -0.1) is 0 Å². The summed E-state index contributed by atoms with van der Waals surface area (Å²) in [5.41, 5.74) is 0.686. The van der Waals surface area contributed by atoms with Gasteiger partial charge in [0.15, 0.2) is 0 Å². The summed E-state index contributed by atoms with van der Waals surface area (Å²) >= 11 is 0. The predicted molar refractivity (Wildman–Crippen MR) is 100 cm³/mol. The third kappa shape index (κ3) is 2.54. The molecule has 5 unspecified atom stereocenters. The zero-order valence-electron chi connectivity index (χ0n) is 15.0. The standard InChI is InChI=1S/C20H24N4O2/c1-12-9-10-20(11-12)17-14(6-4-7-15(17)25)21-18(24-20)23-19-22-13-5-2-3-8-16(13)26-19/h2-3,5,8,12-13,16-17H,4,6-7,9-11H2,1H3,(H,22,23,24). The van der Waals surface area contributed by atoms with Crippen LogP contribution in [0, 0.1) is 11.8 Å². The van der Waals surface area contributed by atoms with Crippen molar-refractivity contribution in [2.75, 3.05) is 0 Å². The molecule has 2 saturated carbocycles. The second-order valence-electron chi connectivity index (χ2n) is 8.15. The summed E-state index contributed by atoms with van der Waals surface area (Å²) in [6.45, 7) is 2.25. The van der Waals surface area contributed by atoms with Crippen LogP contribution in [0.1, 0.15) is 45.4 Å². The van der Waals surface area contributed by atoms with Gasteiger partial charge in [-0.2, -0.15) is 0 Å². The lowest BCUT2D eigenvalue weighted by Crippen LogP contribution is -2.51. The highest BCUT2D eigenvalue weighted by Gasteiger charge is 2.52. The number of ketones is 1. The fourth-order valence-corrected chi connectivity index (χ4v) is 5.06. The van der Waals surface area contributed by atoms with Crippen LogP contribution in [0.3, 0.4) is 0 Å². The number of Topliss-reactive ketones (excluding diaryl/α,β-unsaturated/α-hetero) is 1. The van der Waals surface area contributed by atoms with Gasteiger partial charge in [-0.05, 0) is 44.1 Å². The number of guanidine groups is 1. The van der Waals surface area contributed by atoms with E-state index >= 15 is 0 Å². The lowest BCUT2D eigenvalue weighted by molar-refractivity contribution is -0.123. The van der Waals surface area contributed by atoms with Gasteiger partial charge in [-0.25, -0.2) is 15.0 Å². The minimum atomic E-state index is -0.317. The Kier molecular flexibility index (Phi) is 3.62. The predicted octanol–water partition coefficient (Wildman–Crippen LogP) is 2.56. The van der Waals surface area contributed by atoms with Crippen molar-refractivity contribution in [2.24, 2.45) is 26.8 Å². The van der Waals surface area contributed by atoms with Crippen molar-refractivity contribution in [1.29, 1.82) is 0 Å². The van der Waals surface area contributed by atoms with Gasteiger partial charge in [-0.3, -0.25) is 10.1 Å². The molecule has 0 saturated heterocycles. The summed E-state index contributed by atoms with van der Waals surface area (Å²) in [6, 6.07) is 0.491. The van der Waals surface area contributed by atoms with Gasteiger partial charge in [0.25, 0.3) is 6.02 Å². The molecule has 3 aliphatic carbocycles. The minimum Gasteiger partial charge on any atom is -0.455 e. The molecule has 136 valence electrons. The summed E-state index contributed by atoms with van der Waals surface area (Å²) in [7, 11) is 0. The number of amidine groups is 1. The first-order chi connectivity index (χ1) is 12.6. The lowest BCUT2D eigenvalue weighted by Gasteiger charge is -2.39. The Morgan fingerprint density at radius 3 is 2.96 bits per heavy atom. The molecule has 1 N–H and O–H groups in total. The molecular formula is C20H24N4O2. The first-order valence-electron chi connectivity index (χ1n) is 9.69. The zero-order valence-corrected chi connectivity index (χ0v) is 15.0. The monoisotopic (exact) mass is 352 g/mol. The van der Waals surface area contributed by atoms with Gasteiger partial charge >= 0.3 is 0 Å². The number of hydrogen-bond donors (Lipinski definition) is 1. The summed E-state index contributed by atoms with van der Waals surface area (Å²) in [5, 5.41) is 3.20. The Morgan fingerprint density at radius 1 is 1.27 bits per heavy atom. The third-order valence-electron chi connectivity index (χ3n) is 6.19. The average Bonchev–Trinajstić information content (AvgIpc) is 3.18. The van der Waals surface area contributed by atoms with E-state index in [1.54, 1.807) is 0 Å². The molecule has 6 nitrogen and oxygen atoms in total. The van der Waals surface area contributed by atoms with Crippen LogP contribution in [-0.4, -0.2) is 41.2 Å². The van der Waals surface area contributed by atoms with Crippen LogP contribution in [0.2, 0.25) is 0 Å². The number of hydrogen-bond acceptors (Lipinski definition) is 6. The highest BCUT2D eigenvalue weighted by Crippen LogP contribution is 2.47. The van der Waals surface area contributed by atoms with Crippen molar-refractivity contribution in [3.8, 4) is 0 Å². The molecule has 0 radical (unpaired) electrons. The quantitative estimate of drug-likeness (QED) is 0.728. The van der Waals surface area contributed by atoms with E-state index in [1.165, 1.54) is 0 Å². The summed E-state index contributed by atoms with van der Waals surface area (Å²) < 4.78 is 5.88. The van der Waals surface area contributed by atoms with Crippen molar-refractivity contribution in [2.45, 2.75) is 63.1 Å². The van der Waals surface area contributed by atoms with E-state index in [2.05, 4.69) is 17.2 Å². The molecule has 5 aliphatic rings. The van der Waals surface area contributed by atoms with E-state index in [0.717, 1.165) is 37.8 Å². The van der Waals surface area contributed by atoms with Crippen LogP contribution in [0.15, 0.2) is 39.3 Å². The number of nitrogens with one attached hydrogen (secondary N) is 1. The van der Waals surface area contributed by atoms with Gasteiger partial charge in [0.2, 0.25) is 5.96 Å². The fraction of sp³-hybridized carbons (Fsp3) is 0.600. The Bertz CT molecular complexity index is 794. The van der Waals surface area contributed by atoms with E-state index in [-0.39, 0.29) is 23.6 Å². The summed E-state index contributed by atoms with van der Waals surface area (Å²) in [5.74, 6) is 1.35. The number of ether oxygens (including phenoxy) is 1. The normalized spacial score (nSPS) is 40.5. The Morgan fingerprint density at radius 2 is 2.15 bits per heavy atom. The van der Waals surface area contributed by atoms with Crippen LogP contribution >= 0.6 is 0 Å². The van der Waals surface area contributed by atoms with Crippen LogP contribution in [0.4, 0.5) is 0 Å². The number of carbonyl (C=O) groups excluding carboxylic acids is 1. The first-order valence-corrected chi connectivity index (χ1v) is 9.69. The number of aliphatic imine (C=N–C) groups is 3. The number of fused-ring (bicyclic) bond motifs is 3. The maximum atomic E-state index is 12.7. The Hall–Kier alpha value is -2.24. The molecule has 0 aromatic carbocycles. The molecule has 2 aliphatic heterocycles. The van der Waals surface area contributed by atoms with Crippen LogP contribution in [0.5, 0.6) is 0 Å². The number of rotatable bonds is 0. The summed E-state index contributed by atoms with van der Waals surface area (Å²) in [6.07, 6.45) is 13.4. The highest BCUT2D eigenvalue weighted by atomic mass is 16.5. The van der Waals surface area contributed by atoms with Gasteiger partial charge < -0.3 is 4.74 Å². The van der Waals surface area contributed by atoms with Crippen LogP contribution in [0.25, 0.3) is 0 Å². The SMILES string of the molecule is CC1CCC2(C1)N=C(NC1=NC3C=CC=CC3O1)N=C1CCCC(=O)C12. The fourth-order valence-electron chi connectivity index (χ4n) is 5.06. The van der Waals surface area contributed by atoms with Crippen molar-refractivity contribution in [3.05, 3.63) is 24.3 Å². The smallest absolute Gasteiger partial charge is 0.293 e. The molecule has 6 heteroatoms. The molecule has 2 fully saturated rings. The zero-order chi connectivity index (χ0) is 17.7. The van der Waals surface area contributed by atoms with E-state index in [4.69, 9.17) is 14.7 Å². The highest BCUT2D eigenvalue weighted by molar-refractivity contribution is 6.15. The first kappa shape index (κ1) is 16.0. The maximum absolute atomic E-state index is 12.7. The Balaban J connectivity index is 1.44.